The zero-order valence-corrected chi connectivity index (χ0v) is 20.6. The number of rotatable bonds is 8. The number of benzene rings is 1. The summed E-state index contributed by atoms with van der Waals surface area (Å²) in [5, 5.41) is 3.44. The summed E-state index contributed by atoms with van der Waals surface area (Å²) in [5.74, 6) is 0.579. The molecule has 0 bridgehead atoms. The molecule has 1 aliphatic carbocycles. The maximum Gasteiger partial charge on any atom is 0.251 e. The van der Waals surface area contributed by atoms with Crippen LogP contribution in [-0.2, 0) is 28.9 Å². The fourth-order valence-corrected chi connectivity index (χ4v) is 6.20. The Kier molecular flexibility index (Phi) is 7.11. The first-order valence-corrected chi connectivity index (χ1v) is 12.4. The number of ether oxygens (including phenoxy) is 2. The van der Waals surface area contributed by atoms with Crippen LogP contribution in [0.1, 0.15) is 46.1 Å². The molecule has 1 aromatic heterocycles. The van der Waals surface area contributed by atoms with E-state index in [4.69, 9.17) is 15.2 Å². The van der Waals surface area contributed by atoms with Gasteiger partial charge in [-0.2, -0.15) is 0 Å². The van der Waals surface area contributed by atoms with Gasteiger partial charge in [-0.15, -0.1) is 11.3 Å². The molecular formula is C25H31N3O5S. The Morgan fingerprint density at radius 3 is 2.68 bits per heavy atom. The Hall–Kier alpha value is -3.07. The molecule has 1 aromatic carbocycles. The predicted molar refractivity (Wildman–Crippen MR) is 131 cm³/mol. The Morgan fingerprint density at radius 1 is 1.21 bits per heavy atom. The van der Waals surface area contributed by atoms with Crippen molar-refractivity contribution in [1.82, 2.24) is 4.90 Å². The summed E-state index contributed by atoms with van der Waals surface area (Å²) in [6.07, 6.45) is 3.49. The minimum atomic E-state index is -0.513. The molecule has 3 amide bonds. The van der Waals surface area contributed by atoms with E-state index < -0.39 is 11.8 Å². The highest BCUT2D eigenvalue weighted by Gasteiger charge is 2.35. The number of likely N-dealkylation sites (tertiary alicyclic amines) is 1. The number of nitrogens with one attached hydrogen (secondary N) is 1. The van der Waals surface area contributed by atoms with Gasteiger partial charge in [0.15, 0.2) is 11.5 Å². The number of primary amides is 1. The van der Waals surface area contributed by atoms with Gasteiger partial charge in [0.25, 0.3) is 5.91 Å². The van der Waals surface area contributed by atoms with E-state index in [1.54, 1.807) is 19.1 Å². The van der Waals surface area contributed by atoms with Crippen LogP contribution >= 0.6 is 11.3 Å². The third-order valence-corrected chi connectivity index (χ3v) is 7.87. The van der Waals surface area contributed by atoms with E-state index in [2.05, 4.69) is 12.2 Å². The van der Waals surface area contributed by atoms with E-state index in [9.17, 15) is 14.4 Å². The van der Waals surface area contributed by atoms with Crippen LogP contribution in [0.15, 0.2) is 18.2 Å². The molecule has 0 saturated carbocycles. The van der Waals surface area contributed by atoms with Crippen molar-refractivity contribution in [2.75, 3.05) is 32.6 Å². The topological polar surface area (TPSA) is 111 Å². The van der Waals surface area contributed by atoms with Crippen LogP contribution < -0.4 is 20.5 Å². The average molecular weight is 486 g/mol. The molecule has 1 fully saturated rings. The summed E-state index contributed by atoms with van der Waals surface area (Å²) in [6, 6.07) is 5.68. The van der Waals surface area contributed by atoms with Crippen molar-refractivity contribution in [3.05, 3.63) is 39.8 Å². The number of hydrogen-bond donors (Lipinski definition) is 2. The van der Waals surface area contributed by atoms with Crippen LogP contribution in [0.25, 0.3) is 0 Å². The predicted octanol–water partition coefficient (Wildman–Crippen LogP) is 3.02. The fraction of sp³-hybridized carbons (Fsp3) is 0.480. The summed E-state index contributed by atoms with van der Waals surface area (Å²) < 4.78 is 10.6. The molecule has 4 rings (SSSR count). The zero-order valence-electron chi connectivity index (χ0n) is 19.8. The second-order valence-corrected chi connectivity index (χ2v) is 10.2. The monoisotopic (exact) mass is 485 g/mol. The second-order valence-electron chi connectivity index (χ2n) is 9.09. The molecule has 1 saturated heterocycles. The lowest BCUT2D eigenvalue weighted by molar-refractivity contribution is -0.128. The summed E-state index contributed by atoms with van der Waals surface area (Å²) in [7, 11) is 3.17. The Morgan fingerprint density at radius 2 is 1.97 bits per heavy atom. The first-order valence-electron chi connectivity index (χ1n) is 11.5. The standard InChI is InChI=1S/C25H31N3O5S/c1-14-4-6-17-20(10-14)34-25(22(17)23(26)30)27-24(31)16-12-21(29)28(13-16)9-8-15-5-7-18(32-2)19(11-15)33-3/h5,7,11,14,16H,4,6,8-10,12-13H2,1-3H3,(H2,26,30)(H,27,31)/t14-,16-/m0/s1. The number of nitrogens with zero attached hydrogens (tertiary/aromatic N) is 1. The number of methoxy groups -OCH3 is 2. The maximum absolute atomic E-state index is 13.0. The quantitative estimate of drug-likeness (QED) is 0.597. The molecule has 3 N–H and O–H groups in total. The van der Waals surface area contributed by atoms with Crippen molar-refractivity contribution < 1.29 is 23.9 Å². The van der Waals surface area contributed by atoms with Gasteiger partial charge >= 0.3 is 0 Å². The summed E-state index contributed by atoms with van der Waals surface area (Å²) in [4.78, 5) is 40.6. The summed E-state index contributed by atoms with van der Waals surface area (Å²) >= 11 is 1.44. The van der Waals surface area contributed by atoms with Crippen LogP contribution in [0, 0.1) is 11.8 Å². The largest absolute Gasteiger partial charge is 0.493 e. The molecule has 2 aliphatic rings. The van der Waals surface area contributed by atoms with Gasteiger partial charge < -0.3 is 25.4 Å². The molecule has 2 heterocycles. The zero-order chi connectivity index (χ0) is 24.4. The Labute approximate surface area is 203 Å². The van der Waals surface area contributed by atoms with Gasteiger partial charge in [-0.1, -0.05) is 13.0 Å². The summed E-state index contributed by atoms with van der Waals surface area (Å²) in [6.45, 7) is 3.05. The minimum Gasteiger partial charge on any atom is -0.493 e. The third kappa shape index (κ3) is 4.89. The van der Waals surface area contributed by atoms with E-state index in [-0.39, 0.29) is 18.2 Å². The van der Waals surface area contributed by atoms with Crippen molar-refractivity contribution in [2.45, 2.75) is 39.0 Å². The van der Waals surface area contributed by atoms with Gasteiger partial charge in [-0.3, -0.25) is 14.4 Å². The van der Waals surface area contributed by atoms with Crippen LogP contribution in [0.5, 0.6) is 11.5 Å². The van der Waals surface area contributed by atoms with Crippen LogP contribution in [-0.4, -0.2) is 49.9 Å². The molecule has 2 aromatic rings. The number of amides is 3. The highest BCUT2D eigenvalue weighted by Crippen LogP contribution is 2.40. The molecule has 0 spiro atoms. The highest BCUT2D eigenvalue weighted by atomic mass is 32.1. The third-order valence-electron chi connectivity index (χ3n) is 6.70. The van der Waals surface area contributed by atoms with Crippen molar-refractivity contribution >= 4 is 34.1 Å². The van der Waals surface area contributed by atoms with E-state index >= 15 is 0 Å². The van der Waals surface area contributed by atoms with Crippen LogP contribution in [0.2, 0.25) is 0 Å². The van der Waals surface area contributed by atoms with Gasteiger partial charge in [-0.25, -0.2) is 0 Å². The van der Waals surface area contributed by atoms with Crippen LogP contribution in [0.3, 0.4) is 0 Å². The number of carbonyl (C=O) groups is 3. The molecule has 34 heavy (non-hydrogen) atoms. The van der Waals surface area contributed by atoms with E-state index in [1.807, 2.05) is 18.2 Å². The number of fused-ring (bicyclic) bond motifs is 1. The van der Waals surface area contributed by atoms with Gasteiger partial charge in [0.05, 0.1) is 25.7 Å². The molecule has 182 valence electrons. The molecule has 8 nitrogen and oxygen atoms in total. The van der Waals surface area contributed by atoms with Gasteiger partial charge in [0.1, 0.15) is 5.00 Å². The van der Waals surface area contributed by atoms with E-state index in [0.717, 1.165) is 35.3 Å². The first-order chi connectivity index (χ1) is 16.3. The van der Waals surface area contributed by atoms with Crippen LogP contribution in [0.4, 0.5) is 5.00 Å². The van der Waals surface area contributed by atoms with Crippen molar-refractivity contribution in [2.24, 2.45) is 17.6 Å². The first kappa shape index (κ1) is 24.1. The van der Waals surface area contributed by atoms with Crippen molar-refractivity contribution in [3.63, 3.8) is 0 Å². The number of carbonyl (C=O) groups excluding carboxylic acids is 3. The van der Waals surface area contributed by atoms with Gasteiger partial charge in [0.2, 0.25) is 11.8 Å². The number of hydrogen-bond acceptors (Lipinski definition) is 6. The fourth-order valence-electron chi connectivity index (χ4n) is 4.78. The smallest absolute Gasteiger partial charge is 0.251 e. The van der Waals surface area contributed by atoms with Gasteiger partial charge in [-0.05, 0) is 54.9 Å². The van der Waals surface area contributed by atoms with Crippen molar-refractivity contribution in [3.8, 4) is 11.5 Å². The molecule has 9 heteroatoms. The minimum absolute atomic E-state index is 0.0462. The highest BCUT2D eigenvalue weighted by molar-refractivity contribution is 7.17. The normalized spacial score (nSPS) is 19.6. The lowest BCUT2D eigenvalue weighted by atomic mass is 9.88. The average Bonchev–Trinajstić information content (AvgIpc) is 3.36. The SMILES string of the molecule is COc1ccc(CCN2C[C@@H](C(=O)Nc3sc4c(c3C(N)=O)CC[C@H](C)C4)CC2=O)cc1OC. The number of anilines is 1. The second kappa shape index (κ2) is 10.0. The van der Waals surface area contributed by atoms with Gasteiger partial charge in [0, 0.05) is 24.4 Å². The molecule has 0 radical (unpaired) electrons. The van der Waals surface area contributed by atoms with E-state index in [0.29, 0.717) is 47.5 Å². The number of nitrogens with two attached hydrogens (primary N) is 1. The maximum atomic E-state index is 13.0. The Bertz CT molecular complexity index is 1110. The molecular weight excluding hydrogens is 454 g/mol. The molecule has 1 aliphatic heterocycles. The lowest BCUT2D eigenvalue weighted by Crippen LogP contribution is -2.30. The molecule has 0 unspecified atom stereocenters. The lowest BCUT2D eigenvalue weighted by Gasteiger charge is -2.18. The summed E-state index contributed by atoms with van der Waals surface area (Å²) in [5.41, 5.74) is 8.10. The number of thiophene rings is 1. The Balaban J connectivity index is 1.40. The van der Waals surface area contributed by atoms with Crippen molar-refractivity contribution in [1.29, 1.82) is 0 Å². The van der Waals surface area contributed by atoms with E-state index in [1.165, 1.54) is 11.3 Å². The molecule has 2 atom stereocenters.